The first-order valence-electron chi connectivity index (χ1n) is 9.79. The quantitative estimate of drug-likeness (QED) is 0.328. The maximum absolute atomic E-state index is 13.6. The molecule has 3 amide bonds. The topological polar surface area (TPSA) is 75.7 Å². The Bertz CT molecular complexity index is 816. The van der Waals surface area contributed by atoms with Crippen LogP contribution in [0.2, 0.25) is 0 Å². The molecule has 1 aliphatic carbocycles. The van der Waals surface area contributed by atoms with Gasteiger partial charge in [-0.05, 0) is 42.7 Å². The molecule has 1 saturated heterocycles. The van der Waals surface area contributed by atoms with E-state index >= 15 is 0 Å². The van der Waals surface area contributed by atoms with E-state index in [-0.39, 0.29) is 23.7 Å². The molecular weight excluding hydrogens is 395 g/mol. The summed E-state index contributed by atoms with van der Waals surface area (Å²) in [7, 11) is 0. The molecule has 29 heavy (non-hydrogen) atoms. The summed E-state index contributed by atoms with van der Waals surface area (Å²) in [5.74, 6) is -0.645. The van der Waals surface area contributed by atoms with E-state index in [1.807, 2.05) is 0 Å². The molecule has 6 nitrogen and oxygen atoms in total. The number of ether oxygens (including phenoxy) is 1. The molecule has 1 spiro atoms. The number of nitrogens with zero attached hydrogens (tertiary/aromatic N) is 1. The monoisotopic (exact) mass is 422 g/mol. The largest absolute Gasteiger partial charge is 0.463 e. The number of benzene rings is 1. The second kappa shape index (κ2) is 8.34. The number of hydrogen-bond acceptors (Lipinski definition) is 5. The highest BCUT2D eigenvalue weighted by molar-refractivity contribution is 7.99. The van der Waals surface area contributed by atoms with Crippen LogP contribution in [0.15, 0.2) is 29.2 Å². The van der Waals surface area contributed by atoms with E-state index in [2.05, 4.69) is 26.1 Å². The molecule has 8 heteroatoms. The molecule has 3 rings (SSSR count). The van der Waals surface area contributed by atoms with Gasteiger partial charge in [0.05, 0.1) is 0 Å². The van der Waals surface area contributed by atoms with Crippen molar-refractivity contribution in [3.63, 3.8) is 0 Å². The first kappa shape index (κ1) is 21.6. The zero-order valence-electron chi connectivity index (χ0n) is 17.0. The van der Waals surface area contributed by atoms with Crippen molar-refractivity contribution in [3.05, 3.63) is 30.1 Å². The van der Waals surface area contributed by atoms with Gasteiger partial charge in [-0.3, -0.25) is 14.5 Å². The van der Waals surface area contributed by atoms with Crippen LogP contribution in [0.5, 0.6) is 0 Å². The van der Waals surface area contributed by atoms with Crippen LogP contribution in [-0.2, 0) is 14.3 Å². The molecule has 1 N–H and O–H groups in total. The number of carbonyl (C=O) groups excluding carboxylic acids is 3. The number of hydrogen-bond donors (Lipinski definition) is 1. The van der Waals surface area contributed by atoms with Crippen molar-refractivity contribution in [2.45, 2.75) is 50.5 Å². The number of imide groups is 1. The molecule has 0 unspecified atom stereocenters. The van der Waals surface area contributed by atoms with Gasteiger partial charge < -0.3 is 10.1 Å². The van der Waals surface area contributed by atoms with Crippen LogP contribution in [0.4, 0.5) is 9.18 Å². The number of nitrogens with one attached hydrogen (secondary N) is 1. The van der Waals surface area contributed by atoms with Crippen molar-refractivity contribution in [1.29, 1.82) is 0 Å². The maximum Gasteiger partial charge on any atom is 0.326 e. The molecular formula is C21H27FN2O4S. The Morgan fingerprint density at radius 2 is 2.03 bits per heavy atom. The number of esters is 1. The summed E-state index contributed by atoms with van der Waals surface area (Å²) in [5.41, 5.74) is -1.000. The highest BCUT2D eigenvalue weighted by Gasteiger charge is 2.56. The first-order chi connectivity index (χ1) is 13.6. The van der Waals surface area contributed by atoms with Crippen molar-refractivity contribution >= 4 is 29.7 Å². The fourth-order valence-corrected chi connectivity index (χ4v) is 5.46. The average Bonchev–Trinajstić information content (AvgIpc) is 2.81. The zero-order chi connectivity index (χ0) is 21.2. The fourth-order valence-electron chi connectivity index (χ4n) is 4.69. The molecule has 0 radical (unpaired) electrons. The molecule has 2 atom stereocenters. The number of rotatable bonds is 6. The number of carbonyl (C=O) groups is 3. The molecule has 0 aromatic heterocycles. The smallest absolute Gasteiger partial charge is 0.326 e. The van der Waals surface area contributed by atoms with E-state index in [9.17, 15) is 18.8 Å². The normalized spacial score (nSPS) is 25.9. The highest BCUT2D eigenvalue weighted by atomic mass is 32.2. The predicted molar refractivity (Wildman–Crippen MR) is 108 cm³/mol. The highest BCUT2D eigenvalue weighted by Crippen LogP contribution is 2.46. The second-order valence-electron chi connectivity index (χ2n) is 8.76. The molecule has 1 aliphatic heterocycles. The minimum Gasteiger partial charge on any atom is -0.463 e. The summed E-state index contributed by atoms with van der Waals surface area (Å²) in [6.07, 6.45) is 2.12. The van der Waals surface area contributed by atoms with Gasteiger partial charge in [0.25, 0.3) is 5.91 Å². The van der Waals surface area contributed by atoms with Crippen LogP contribution < -0.4 is 5.32 Å². The Kier molecular flexibility index (Phi) is 6.22. The van der Waals surface area contributed by atoms with Crippen molar-refractivity contribution in [3.8, 4) is 0 Å². The van der Waals surface area contributed by atoms with Crippen molar-refractivity contribution in [2.24, 2.45) is 11.3 Å². The lowest BCUT2D eigenvalue weighted by atomic mass is 9.64. The molecule has 1 saturated carbocycles. The van der Waals surface area contributed by atoms with Gasteiger partial charge >= 0.3 is 12.0 Å². The van der Waals surface area contributed by atoms with E-state index < -0.39 is 24.1 Å². The van der Waals surface area contributed by atoms with Gasteiger partial charge in [0.2, 0.25) is 0 Å². The third-order valence-electron chi connectivity index (χ3n) is 5.35. The molecule has 0 bridgehead atoms. The van der Waals surface area contributed by atoms with E-state index in [0.717, 1.165) is 11.3 Å². The Hall–Kier alpha value is -2.09. The lowest BCUT2D eigenvalue weighted by Crippen LogP contribution is -2.54. The molecule has 2 fully saturated rings. The van der Waals surface area contributed by atoms with Crippen molar-refractivity contribution in [2.75, 3.05) is 18.9 Å². The zero-order valence-corrected chi connectivity index (χ0v) is 17.8. The van der Waals surface area contributed by atoms with Gasteiger partial charge in [-0.15, -0.1) is 11.8 Å². The Labute approximate surface area is 174 Å². The number of amides is 3. The minimum atomic E-state index is -0.931. The van der Waals surface area contributed by atoms with Gasteiger partial charge in [-0.2, -0.15) is 0 Å². The van der Waals surface area contributed by atoms with E-state index in [4.69, 9.17) is 4.74 Å². The van der Waals surface area contributed by atoms with Gasteiger partial charge in [0, 0.05) is 10.6 Å². The van der Waals surface area contributed by atoms with E-state index in [1.54, 1.807) is 18.2 Å². The third-order valence-corrected chi connectivity index (χ3v) is 6.36. The van der Waals surface area contributed by atoms with Gasteiger partial charge in [0.1, 0.15) is 24.5 Å². The lowest BCUT2D eigenvalue weighted by Gasteiger charge is -2.43. The fraction of sp³-hybridized carbons (Fsp3) is 0.571. The molecule has 2 aliphatic rings. The third kappa shape index (κ3) is 4.91. The van der Waals surface area contributed by atoms with E-state index in [0.29, 0.717) is 29.4 Å². The summed E-state index contributed by atoms with van der Waals surface area (Å²) in [4.78, 5) is 39.0. The first-order valence-corrected chi connectivity index (χ1v) is 10.8. The second-order valence-corrected chi connectivity index (χ2v) is 9.89. The van der Waals surface area contributed by atoms with Crippen LogP contribution in [0, 0.1) is 17.2 Å². The number of thioether (sulfide) groups is 1. The molecule has 1 aromatic rings. The van der Waals surface area contributed by atoms with Crippen LogP contribution in [-0.4, -0.2) is 47.3 Å². The summed E-state index contributed by atoms with van der Waals surface area (Å²) < 4.78 is 18.7. The Morgan fingerprint density at radius 3 is 2.72 bits per heavy atom. The van der Waals surface area contributed by atoms with Crippen LogP contribution in [0.1, 0.15) is 40.0 Å². The van der Waals surface area contributed by atoms with Crippen molar-refractivity contribution < 1.29 is 23.5 Å². The summed E-state index contributed by atoms with van der Waals surface area (Å²) in [6.45, 7) is 5.91. The summed E-state index contributed by atoms with van der Waals surface area (Å²) in [6, 6.07) is 5.82. The number of urea groups is 1. The minimum absolute atomic E-state index is 0.0662. The standard InChI is InChI=1S/C21H27FN2O4S/c1-14-10-20(2,3)13-21(11-14)18(26)24(19(27)23-21)12-17(25)28-8-9-29-16-7-5-4-6-15(16)22/h4-7,14H,8-13H2,1-3H3,(H,23,27)/t14-,21+/m0/s1. The summed E-state index contributed by atoms with van der Waals surface area (Å²) >= 11 is 1.24. The van der Waals surface area contributed by atoms with E-state index in [1.165, 1.54) is 17.8 Å². The predicted octanol–water partition coefficient (Wildman–Crippen LogP) is 3.60. The SMILES string of the molecule is C[C@H]1CC(C)(C)C[C@@]2(C1)NC(=O)N(CC(=O)OCCSc1ccccc1F)C2=O. The van der Waals surface area contributed by atoms with Crippen molar-refractivity contribution in [1.82, 2.24) is 10.2 Å². The maximum atomic E-state index is 13.6. The van der Waals surface area contributed by atoms with Gasteiger partial charge in [-0.25, -0.2) is 9.18 Å². The molecule has 1 aromatic carbocycles. The Morgan fingerprint density at radius 1 is 1.31 bits per heavy atom. The number of halogens is 1. The Balaban J connectivity index is 1.52. The average molecular weight is 423 g/mol. The lowest BCUT2D eigenvalue weighted by molar-refractivity contribution is -0.148. The van der Waals surface area contributed by atoms with Gasteiger partial charge in [-0.1, -0.05) is 32.9 Å². The molecule has 158 valence electrons. The van der Waals surface area contributed by atoms with Crippen LogP contribution >= 0.6 is 11.8 Å². The molecule has 1 heterocycles. The van der Waals surface area contributed by atoms with Gasteiger partial charge in [0.15, 0.2) is 0 Å². The van der Waals surface area contributed by atoms with Crippen LogP contribution in [0.3, 0.4) is 0 Å². The van der Waals surface area contributed by atoms with Crippen LogP contribution in [0.25, 0.3) is 0 Å². The summed E-state index contributed by atoms with van der Waals surface area (Å²) in [5, 5.41) is 2.84.